The molecule has 0 atom stereocenters. The van der Waals surface area contributed by atoms with Gasteiger partial charge in [0.2, 0.25) is 5.91 Å². The van der Waals surface area contributed by atoms with Crippen LogP contribution in [0.15, 0.2) is 24.3 Å². The van der Waals surface area contributed by atoms with Crippen LogP contribution >= 0.6 is 0 Å². The average molecular weight is 288 g/mol. The van der Waals surface area contributed by atoms with E-state index < -0.39 is 0 Å². The number of para-hydroxylation sites is 1. The SMILES string of the molecule is O=C(NCCN1Cc2ccccc2OCC1=O)C1CCC1. The van der Waals surface area contributed by atoms with Gasteiger partial charge in [-0.1, -0.05) is 24.6 Å². The maximum Gasteiger partial charge on any atom is 0.260 e. The number of nitrogens with zero attached hydrogens (tertiary/aromatic N) is 1. The Bertz CT molecular complexity index is 540. The smallest absolute Gasteiger partial charge is 0.260 e. The number of benzene rings is 1. The molecule has 1 fully saturated rings. The van der Waals surface area contributed by atoms with Crippen LogP contribution in [0, 0.1) is 5.92 Å². The van der Waals surface area contributed by atoms with Crippen molar-refractivity contribution in [3.63, 3.8) is 0 Å². The third kappa shape index (κ3) is 3.17. The van der Waals surface area contributed by atoms with Crippen LogP contribution < -0.4 is 10.1 Å². The summed E-state index contributed by atoms with van der Waals surface area (Å²) in [6.07, 6.45) is 3.14. The highest BCUT2D eigenvalue weighted by Crippen LogP contribution is 2.26. The molecule has 5 nitrogen and oxygen atoms in total. The second-order valence-electron chi connectivity index (χ2n) is 5.63. The zero-order valence-electron chi connectivity index (χ0n) is 12.0. The van der Waals surface area contributed by atoms with Crippen LogP contribution in [-0.4, -0.2) is 36.4 Å². The third-order valence-electron chi connectivity index (χ3n) is 4.19. The predicted molar refractivity (Wildman–Crippen MR) is 77.7 cm³/mol. The molecule has 112 valence electrons. The number of hydrogen-bond acceptors (Lipinski definition) is 3. The largest absolute Gasteiger partial charge is 0.483 e. The van der Waals surface area contributed by atoms with Gasteiger partial charge in [-0.25, -0.2) is 0 Å². The Hall–Kier alpha value is -2.04. The second kappa shape index (κ2) is 6.16. The number of amides is 2. The van der Waals surface area contributed by atoms with Crippen LogP contribution in [0.5, 0.6) is 5.75 Å². The van der Waals surface area contributed by atoms with E-state index >= 15 is 0 Å². The van der Waals surface area contributed by atoms with Gasteiger partial charge in [-0.2, -0.15) is 0 Å². The number of ether oxygens (including phenoxy) is 1. The van der Waals surface area contributed by atoms with Crippen LogP contribution in [-0.2, 0) is 16.1 Å². The highest BCUT2D eigenvalue weighted by atomic mass is 16.5. The van der Waals surface area contributed by atoms with Crippen molar-refractivity contribution in [2.75, 3.05) is 19.7 Å². The fourth-order valence-corrected chi connectivity index (χ4v) is 2.63. The zero-order chi connectivity index (χ0) is 14.7. The molecule has 0 spiro atoms. The molecular weight excluding hydrogens is 268 g/mol. The molecule has 1 aliphatic carbocycles. The summed E-state index contributed by atoms with van der Waals surface area (Å²) in [5.41, 5.74) is 1.01. The minimum absolute atomic E-state index is 0.0379. The van der Waals surface area contributed by atoms with Crippen molar-refractivity contribution >= 4 is 11.8 Å². The Morgan fingerprint density at radius 2 is 2.14 bits per heavy atom. The summed E-state index contributed by atoms with van der Waals surface area (Å²) in [6, 6.07) is 7.69. The van der Waals surface area contributed by atoms with Crippen molar-refractivity contribution in [2.45, 2.75) is 25.8 Å². The van der Waals surface area contributed by atoms with Gasteiger partial charge in [-0.3, -0.25) is 9.59 Å². The molecule has 1 aliphatic heterocycles. The van der Waals surface area contributed by atoms with Gasteiger partial charge in [0.1, 0.15) is 5.75 Å². The van der Waals surface area contributed by atoms with E-state index in [2.05, 4.69) is 5.32 Å². The Morgan fingerprint density at radius 3 is 2.90 bits per heavy atom. The Labute approximate surface area is 124 Å². The van der Waals surface area contributed by atoms with E-state index in [4.69, 9.17) is 4.74 Å². The molecular formula is C16H20N2O3. The minimum Gasteiger partial charge on any atom is -0.483 e. The van der Waals surface area contributed by atoms with E-state index in [9.17, 15) is 9.59 Å². The third-order valence-corrected chi connectivity index (χ3v) is 4.19. The van der Waals surface area contributed by atoms with Gasteiger partial charge in [-0.15, -0.1) is 0 Å². The van der Waals surface area contributed by atoms with Crippen LogP contribution in [0.4, 0.5) is 0 Å². The van der Waals surface area contributed by atoms with Gasteiger partial charge in [0.05, 0.1) is 0 Å². The van der Waals surface area contributed by atoms with Gasteiger partial charge in [0, 0.05) is 31.1 Å². The standard InChI is InChI=1S/C16H20N2O3/c19-15-11-21-14-7-2-1-4-13(14)10-18(15)9-8-17-16(20)12-5-3-6-12/h1-2,4,7,12H,3,5-6,8-11H2,(H,17,20). The van der Waals surface area contributed by atoms with Crippen LogP contribution in [0.25, 0.3) is 0 Å². The van der Waals surface area contributed by atoms with Crippen molar-refractivity contribution in [3.05, 3.63) is 29.8 Å². The van der Waals surface area contributed by atoms with Crippen molar-refractivity contribution < 1.29 is 14.3 Å². The van der Waals surface area contributed by atoms with Crippen molar-refractivity contribution in [1.29, 1.82) is 0 Å². The lowest BCUT2D eigenvalue weighted by Crippen LogP contribution is -2.41. The van der Waals surface area contributed by atoms with Gasteiger partial charge < -0.3 is 15.0 Å². The molecule has 0 saturated heterocycles. The maximum absolute atomic E-state index is 12.0. The Balaban J connectivity index is 1.54. The lowest BCUT2D eigenvalue weighted by Gasteiger charge is -2.25. The summed E-state index contributed by atoms with van der Waals surface area (Å²) in [6.45, 7) is 1.63. The van der Waals surface area contributed by atoms with E-state index in [0.29, 0.717) is 19.6 Å². The summed E-state index contributed by atoms with van der Waals surface area (Å²) in [4.78, 5) is 25.6. The van der Waals surface area contributed by atoms with Crippen molar-refractivity contribution in [3.8, 4) is 5.75 Å². The Morgan fingerprint density at radius 1 is 1.33 bits per heavy atom. The van der Waals surface area contributed by atoms with E-state index in [1.807, 2.05) is 24.3 Å². The summed E-state index contributed by atoms with van der Waals surface area (Å²) < 4.78 is 5.50. The lowest BCUT2D eigenvalue weighted by molar-refractivity contribution is -0.134. The summed E-state index contributed by atoms with van der Waals surface area (Å²) in [5, 5.41) is 2.92. The highest BCUT2D eigenvalue weighted by Gasteiger charge is 2.25. The molecule has 0 aromatic heterocycles. The second-order valence-corrected chi connectivity index (χ2v) is 5.63. The quantitative estimate of drug-likeness (QED) is 0.909. The molecule has 1 aromatic carbocycles. The van der Waals surface area contributed by atoms with E-state index in [1.165, 1.54) is 0 Å². The number of nitrogens with one attached hydrogen (secondary N) is 1. The molecule has 0 radical (unpaired) electrons. The fourth-order valence-electron chi connectivity index (χ4n) is 2.63. The molecule has 2 amide bonds. The normalized spacial score (nSPS) is 18.3. The highest BCUT2D eigenvalue weighted by molar-refractivity contribution is 5.80. The number of carbonyl (C=O) groups excluding carboxylic acids is 2. The lowest BCUT2D eigenvalue weighted by atomic mass is 9.85. The molecule has 21 heavy (non-hydrogen) atoms. The van der Waals surface area contributed by atoms with Crippen LogP contribution in [0.3, 0.4) is 0 Å². The minimum atomic E-state index is -0.0379. The summed E-state index contributed by atoms with van der Waals surface area (Å²) >= 11 is 0. The number of fused-ring (bicyclic) bond motifs is 1. The molecule has 0 unspecified atom stereocenters. The summed E-state index contributed by atoms with van der Waals surface area (Å²) in [5.74, 6) is 1.05. The van der Waals surface area contributed by atoms with E-state index in [0.717, 1.165) is 30.6 Å². The topological polar surface area (TPSA) is 58.6 Å². The maximum atomic E-state index is 12.0. The molecule has 1 aromatic rings. The van der Waals surface area contributed by atoms with E-state index in [1.54, 1.807) is 4.90 Å². The molecule has 3 rings (SSSR count). The summed E-state index contributed by atoms with van der Waals surface area (Å²) in [7, 11) is 0. The average Bonchev–Trinajstić information content (AvgIpc) is 2.57. The van der Waals surface area contributed by atoms with Gasteiger partial charge in [0.25, 0.3) is 5.91 Å². The predicted octanol–water partition coefficient (Wildman–Crippen LogP) is 1.32. The van der Waals surface area contributed by atoms with E-state index in [-0.39, 0.29) is 24.3 Å². The first kappa shape index (κ1) is 13.9. The molecule has 1 saturated carbocycles. The Kier molecular flexibility index (Phi) is 4.08. The van der Waals surface area contributed by atoms with Gasteiger partial charge in [-0.05, 0) is 18.9 Å². The number of carbonyl (C=O) groups is 2. The first-order valence-electron chi connectivity index (χ1n) is 7.50. The molecule has 2 aliphatic rings. The van der Waals surface area contributed by atoms with Gasteiger partial charge >= 0.3 is 0 Å². The first-order valence-corrected chi connectivity index (χ1v) is 7.50. The number of hydrogen-bond donors (Lipinski definition) is 1. The first-order chi connectivity index (χ1) is 10.2. The number of rotatable bonds is 4. The zero-order valence-corrected chi connectivity index (χ0v) is 12.0. The monoisotopic (exact) mass is 288 g/mol. The van der Waals surface area contributed by atoms with Crippen LogP contribution in [0.2, 0.25) is 0 Å². The molecule has 5 heteroatoms. The van der Waals surface area contributed by atoms with Gasteiger partial charge in [0.15, 0.2) is 6.61 Å². The van der Waals surface area contributed by atoms with Crippen molar-refractivity contribution in [2.24, 2.45) is 5.92 Å². The van der Waals surface area contributed by atoms with Crippen LogP contribution in [0.1, 0.15) is 24.8 Å². The van der Waals surface area contributed by atoms with Crippen molar-refractivity contribution in [1.82, 2.24) is 10.2 Å². The molecule has 1 heterocycles. The molecule has 1 N–H and O–H groups in total. The fraction of sp³-hybridized carbons (Fsp3) is 0.500. The molecule has 0 bridgehead atoms.